The molecule has 0 radical (unpaired) electrons. The summed E-state index contributed by atoms with van der Waals surface area (Å²) in [5, 5.41) is 5.45. The number of hydrogen-bond acceptors (Lipinski definition) is 6. The zero-order chi connectivity index (χ0) is 23.9. The van der Waals surface area contributed by atoms with Crippen molar-refractivity contribution < 1.29 is 18.0 Å². The summed E-state index contributed by atoms with van der Waals surface area (Å²) in [6, 6.07) is 12.0. The molecular weight excluding hydrogens is 462 g/mol. The molecule has 0 fully saturated rings. The first-order chi connectivity index (χ1) is 15.9. The van der Waals surface area contributed by atoms with Crippen LogP contribution in [0.4, 0.5) is 21.9 Å². The third kappa shape index (κ3) is 10.0. The number of unbranched alkanes of at least 4 members (excludes halogenated alkanes) is 3. The second kappa shape index (κ2) is 14.3. The number of hydrazine groups is 1. The van der Waals surface area contributed by atoms with Gasteiger partial charge in [-0.1, -0.05) is 32.3 Å². The van der Waals surface area contributed by atoms with Gasteiger partial charge in [0.15, 0.2) is 0 Å². The van der Waals surface area contributed by atoms with Gasteiger partial charge in [0.2, 0.25) is 6.41 Å². The molecule has 9 nitrogen and oxygen atoms in total. The van der Waals surface area contributed by atoms with Crippen LogP contribution in [0.15, 0.2) is 53.4 Å². The largest absolute Gasteiger partial charge is 0.337 e. The van der Waals surface area contributed by atoms with Crippen molar-refractivity contribution in [3.05, 3.63) is 48.5 Å². The standard InChI is InChI=1S/C22H31N5O4S2/c1-2-3-4-5-14-32-15-13-23-22(29)25-20-7-6-8-21(16-20)33(30,31)27-19-11-9-18(10-12-19)26-24-17-28/h6-12,16-17,26-27H,2-5,13-15H2,1H3,(H,24,28)(H2,23,25,29). The summed E-state index contributed by atoms with van der Waals surface area (Å²) >= 11 is 1.81. The van der Waals surface area contributed by atoms with Crippen molar-refractivity contribution in [3.8, 4) is 0 Å². The fraction of sp³-hybridized carbons (Fsp3) is 0.364. The Hall–Kier alpha value is -2.92. The monoisotopic (exact) mass is 493 g/mol. The SMILES string of the molecule is CCCCCCSCCNC(=O)Nc1cccc(S(=O)(=O)Nc2ccc(NNC=O)cc2)c1. The highest BCUT2D eigenvalue weighted by atomic mass is 32.2. The predicted octanol–water partition coefficient (Wildman–Crippen LogP) is 4.00. The molecule has 0 atom stereocenters. The van der Waals surface area contributed by atoms with Crippen molar-refractivity contribution in [3.63, 3.8) is 0 Å². The fourth-order valence-electron chi connectivity index (χ4n) is 2.83. The number of sulfonamides is 1. The first-order valence-electron chi connectivity index (χ1n) is 10.8. The van der Waals surface area contributed by atoms with E-state index in [2.05, 4.69) is 33.1 Å². The van der Waals surface area contributed by atoms with Crippen molar-refractivity contribution in [1.29, 1.82) is 0 Å². The van der Waals surface area contributed by atoms with E-state index < -0.39 is 10.0 Å². The molecule has 0 spiro atoms. The lowest BCUT2D eigenvalue weighted by Gasteiger charge is -2.11. The quantitative estimate of drug-likeness (QED) is 0.145. The molecule has 5 N–H and O–H groups in total. The van der Waals surface area contributed by atoms with E-state index in [0.717, 1.165) is 11.5 Å². The van der Waals surface area contributed by atoms with Gasteiger partial charge in [0.05, 0.1) is 10.6 Å². The zero-order valence-corrected chi connectivity index (χ0v) is 20.2. The van der Waals surface area contributed by atoms with Gasteiger partial charge >= 0.3 is 6.03 Å². The second-order valence-corrected chi connectivity index (χ2v) is 10.1. The maximum absolute atomic E-state index is 12.7. The molecular formula is C22H31N5O4S2. The minimum Gasteiger partial charge on any atom is -0.337 e. The number of amides is 3. The van der Waals surface area contributed by atoms with Gasteiger partial charge in [0, 0.05) is 23.7 Å². The number of benzene rings is 2. The van der Waals surface area contributed by atoms with Crippen LogP contribution in [-0.2, 0) is 14.8 Å². The Morgan fingerprint density at radius 1 is 0.970 bits per heavy atom. The number of carbonyl (C=O) groups is 2. The smallest absolute Gasteiger partial charge is 0.319 e. The van der Waals surface area contributed by atoms with Crippen LogP contribution < -0.4 is 26.2 Å². The highest BCUT2D eigenvalue weighted by Gasteiger charge is 2.15. The Morgan fingerprint density at radius 3 is 2.45 bits per heavy atom. The minimum atomic E-state index is -3.85. The summed E-state index contributed by atoms with van der Waals surface area (Å²) in [7, 11) is -3.85. The molecule has 0 saturated carbocycles. The van der Waals surface area contributed by atoms with Crippen molar-refractivity contribution in [2.45, 2.75) is 37.5 Å². The highest BCUT2D eigenvalue weighted by molar-refractivity contribution is 7.99. The Bertz CT molecular complexity index is 985. The summed E-state index contributed by atoms with van der Waals surface area (Å²) in [5.41, 5.74) is 6.26. The van der Waals surface area contributed by atoms with Gasteiger partial charge in [0.25, 0.3) is 10.0 Å². The number of carbonyl (C=O) groups excluding carboxylic acids is 2. The van der Waals surface area contributed by atoms with Gasteiger partial charge in [-0.15, -0.1) is 0 Å². The van der Waals surface area contributed by atoms with E-state index in [0.29, 0.717) is 30.0 Å². The lowest BCUT2D eigenvalue weighted by atomic mass is 10.2. The molecule has 0 aliphatic heterocycles. The summed E-state index contributed by atoms with van der Waals surface area (Å²) in [4.78, 5) is 22.4. The Labute approximate surface area is 199 Å². The molecule has 33 heavy (non-hydrogen) atoms. The average molecular weight is 494 g/mol. The number of anilines is 3. The molecule has 180 valence electrons. The average Bonchev–Trinajstić information content (AvgIpc) is 2.80. The molecule has 2 rings (SSSR count). The Kier molecular flexibility index (Phi) is 11.4. The molecule has 0 heterocycles. The van der Waals surface area contributed by atoms with Crippen molar-refractivity contribution in [2.24, 2.45) is 0 Å². The molecule has 0 unspecified atom stereocenters. The fourth-order valence-corrected chi connectivity index (χ4v) is 4.80. The summed E-state index contributed by atoms with van der Waals surface area (Å²) in [5.74, 6) is 1.92. The number of rotatable bonds is 15. The number of urea groups is 1. The van der Waals surface area contributed by atoms with Gasteiger partial charge in [0.1, 0.15) is 0 Å². The van der Waals surface area contributed by atoms with Crippen LogP contribution in [0.25, 0.3) is 0 Å². The molecule has 2 aromatic carbocycles. The van der Waals surface area contributed by atoms with E-state index in [1.165, 1.54) is 37.8 Å². The number of hydrogen-bond donors (Lipinski definition) is 5. The van der Waals surface area contributed by atoms with Gasteiger partial charge in [-0.2, -0.15) is 11.8 Å². The van der Waals surface area contributed by atoms with E-state index in [-0.39, 0.29) is 10.9 Å². The van der Waals surface area contributed by atoms with Crippen LogP contribution in [0.1, 0.15) is 32.6 Å². The van der Waals surface area contributed by atoms with Crippen molar-refractivity contribution >= 4 is 51.3 Å². The molecule has 0 saturated heterocycles. The summed E-state index contributed by atoms with van der Waals surface area (Å²) in [6.07, 6.45) is 5.41. The first kappa shape index (κ1) is 26.3. The number of thioether (sulfide) groups is 1. The van der Waals surface area contributed by atoms with E-state index in [1.54, 1.807) is 36.4 Å². The van der Waals surface area contributed by atoms with Gasteiger partial charge in [-0.25, -0.2) is 13.2 Å². The van der Waals surface area contributed by atoms with E-state index in [9.17, 15) is 18.0 Å². The van der Waals surface area contributed by atoms with E-state index in [4.69, 9.17) is 0 Å². The normalized spacial score (nSPS) is 10.8. The zero-order valence-electron chi connectivity index (χ0n) is 18.6. The van der Waals surface area contributed by atoms with Gasteiger partial charge in [-0.3, -0.25) is 20.4 Å². The molecule has 0 aromatic heterocycles. The molecule has 3 amide bonds. The van der Waals surface area contributed by atoms with E-state index >= 15 is 0 Å². The third-order valence-electron chi connectivity index (χ3n) is 4.49. The van der Waals surface area contributed by atoms with Crippen LogP contribution >= 0.6 is 11.8 Å². The van der Waals surface area contributed by atoms with Crippen LogP contribution in [-0.4, -0.2) is 38.9 Å². The molecule has 0 aliphatic rings. The first-order valence-corrected chi connectivity index (χ1v) is 13.4. The van der Waals surface area contributed by atoms with Crippen LogP contribution in [0.2, 0.25) is 0 Å². The molecule has 0 aliphatic carbocycles. The molecule has 2 aromatic rings. The van der Waals surface area contributed by atoms with Crippen LogP contribution in [0.3, 0.4) is 0 Å². The topological polar surface area (TPSA) is 128 Å². The maximum Gasteiger partial charge on any atom is 0.319 e. The van der Waals surface area contributed by atoms with E-state index in [1.807, 2.05) is 11.8 Å². The summed E-state index contributed by atoms with van der Waals surface area (Å²) in [6.45, 7) is 2.72. The van der Waals surface area contributed by atoms with Crippen molar-refractivity contribution in [2.75, 3.05) is 33.5 Å². The highest BCUT2D eigenvalue weighted by Crippen LogP contribution is 2.20. The Morgan fingerprint density at radius 2 is 1.73 bits per heavy atom. The summed E-state index contributed by atoms with van der Waals surface area (Å²) < 4.78 is 27.9. The maximum atomic E-state index is 12.7. The van der Waals surface area contributed by atoms with Gasteiger partial charge < -0.3 is 10.6 Å². The second-order valence-electron chi connectivity index (χ2n) is 7.15. The molecule has 11 heteroatoms. The van der Waals surface area contributed by atoms with Crippen LogP contribution in [0, 0.1) is 0 Å². The van der Waals surface area contributed by atoms with Gasteiger partial charge in [-0.05, 0) is 54.6 Å². The number of nitrogens with one attached hydrogen (secondary N) is 5. The molecule has 0 bridgehead atoms. The minimum absolute atomic E-state index is 0.0211. The lowest BCUT2D eigenvalue weighted by molar-refractivity contribution is -0.109. The predicted molar refractivity (Wildman–Crippen MR) is 135 cm³/mol. The Balaban J connectivity index is 1.83. The third-order valence-corrected chi connectivity index (χ3v) is 6.94. The van der Waals surface area contributed by atoms with Crippen LogP contribution in [0.5, 0.6) is 0 Å². The lowest BCUT2D eigenvalue weighted by Crippen LogP contribution is -2.30. The van der Waals surface area contributed by atoms with Crippen molar-refractivity contribution in [1.82, 2.24) is 10.7 Å².